The summed E-state index contributed by atoms with van der Waals surface area (Å²) in [7, 11) is 0. The van der Waals surface area contributed by atoms with E-state index < -0.39 is 0 Å². The number of allylic oxidation sites excluding steroid dienone is 8. The van der Waals surface area contributed by atoms with Gasteiger partial charge in [0.25, 0.3) is 0 Å². The highest BCUT2D eigenvalue weighted by atomic mass is 32.2. The van der Waals surface area contributed by atoms with Gasteiger partial charge in [-0.3, -0.25) is 0 Å². The van der Waals surface area contributed by atoms with E-state index in [9.17, 15) is 5.11 Å². The molecule has 0 saturated heterocycles. The van der Waals surface area contributed by atoms with Crippen molar-refractivity contribution in [2.24, 2.45) is 17.2 Å². The van der Waals surface area contributed by atoms with E-state index in [1.165, 1.54) is 12.0 Å². The van der Waals surface area contributed by atoms with Crippen LogP contribution in [0.3, 0.4) is 0 Å². The van der Waals surface area contributed by atoms with Crippen LogP contribution in [0.1, 0.15) is 67.9 Å². The fourth-order valence-electron chi connectivity index (χ4n) is 6.12. The van der Waals surface area contributed by atoms with Crippen molar-refractivity contribution in [2.75, 3.05) is 6.26 Å². The molecular weight excluding hydrogens is 717 g/mol. The van der Waals surface area contributed by atoms with E-state index in [-0.39, 0.29) is 6.61 Å². The topological polar surface area (TPSA) is 114 Å². The molecule has 5 nitrogen and oxygen atoms in total. The van der Waals surface area contributed by atoms with E-state index in [1.54, 1.807) is 12.2 Å². The summed E-state index contributed by atoms with van der Waals surface area (Å²) in [4.78, 5) is 3.74. The number of H-pyrrole nitrogens is 1. The molecule has 0 amide bonds. The number of nitrogens with two attached hydrogens (primary N) is 3. The molecule has 1 unspecified atom stereocenters. The summed E-state index contributed by atoms with van der Waals surface area (Å²) in [6, 6.07) is 42.9. The first kappa shape index (κ1) is 43.8. The number of nitrogens with one attached hydrogen (secondary N) is 1. The minimum absolute atomic E-state index is 0.0347. The lowest BCUT2D eigenvalue weighted by Gasteiger charge is -2.12. The van der Waals surface area contributed by atoms with Gasteiger partial charge in [-0.1, -0.05) is 154 Å². The van der Waals surface area contributed by atoms with Gasteiger partial charge in [-0.2, -0.15) is 11.8 Å². The Hall–Kier alpha value is -5.95. The Kier molecular flexibility index (Phi) is 17.8. The number of benzene rings is 4. The molecule has 1 heterocycles. The molecule has 0 aliphatic heterocycles. The summed E-state index contributed by atoms with van der Waals surface area (Å²) in [5.74, 6) is 0. The second-order valence-electron chi connectivity index (χ2n) is 13.6. The molecule has 1 aromatic heterocycles. The first-order valence-electron chi connectivity index (χ1n) is 19.4. The highest BCUT2D eigenvalue weighted by Crippen LogP contribution is 2.25. The third-order valence-corrected chi connectivity index (χ3v) is 10.9. The molecule has 8 N–H and O–H groups in total. The summed E-state index contributed by atoms with van der Waals surface area (Å²) >= 11 is 1.92. The maximum absolute atomic E-state index is 9.52. The molecule has 57 heavy (non-hydrogen) atoms. The zero-order valence-electron chi connectivity index (χ0n) is 33.8. The fourth-order valence-corrected chi connectivity index (χ4v) is 6.45. The molecule has 5 rings (SSSR count). The van der Waals surface area contributed by atoms with E-state index in [1.807, 2.05) is 90.6 Å². The van der Waals surface area contributed by atoms with Crippen molar-refractivity contribution >= 4 is 34.1 Å². The first-order chi connectivity index (χ1) is 27.7. The number of aliphatic hydroxyl groups excluding tert-OH is 1. The van der Waals surface area contributed by atoms with Crippen LogP contribution in [-0.2, 0) is 6.61 Å². The highest BCUT2D eigenvalue weighted by Gasteiger charge is 2.10. The molecule has 0 aliphatic carbocycles. The van der Waals surface area contributed by atoms with Crippen molar-refractivity contribution in [1.82, 2.24) is 4.98 Å². The molecule has 0 spiro atoms. The highest BCUT2D eigenvalue weighted by molar-refractivity contribution is 7.99. The lowest BCUT2D eigenvalue weighted by atomic mass is 9.98. The third-order valence-electron chi connectivity index (χ3n) is 9.74. The summed E-state index contributed by atoms with van der Waals surface area (Å²) < 4.78 is 0. The zero-order chi connectivity index (χ0) is 41.0. The van der Waals surface area contributed by atoms with Crippen LogP contribution in [0, 0.1) is 0 Å². The van der Waals surface area contributed by atoms with Crippen molar-refractivity contribution in [3.63, 3.8) is 0 Å². The Morgan fingerprint density at radius 3 is 1.58 bits per heavy atom. The van der Waals surface area contributed by atoms with E-state index in [4.69, 9.17) is 17.2 Å². The molecule has 5 aromatic rings. The summed E-state index contributed by atoms with van der Waals surface area (Å²) in [6.07, 6.45) is 16.2. The smallest absolute Gasteiger partial charge is 0.0681 e. The molecule has 0 saturated carbocycles. The Balaban J connectivity index is 0.00000111. The number of hydrogen-bond donors (Lipinski definition) is 5. The van der Waals surface area contributed by atoms with E-state index in [2.05, 4.69) is 111 Å². The zero-order valence-corrected chi connectivity index (χ0v) is 34.6. The summed E-state index contributed by atoms with van der Waals surface area (Å²) in [5.41, 5.74) is 30.5. The molecule has 294 valence electrons. The summed E-state index contributed by atoms with van der Waals surface area (Å²) in [5, 5.41) is 12.4. The molecular formula is C51H58N4OS. The van der Waals surface area contributed by atoms with Crippen LogP contribution in [0.25, 0.3) is 22.3 Å². The SMILES string of the molecule is C=C/C=C(N)/C(=C(N)/C=C\C/C(c1ccccc1)=c1/cc/c(=C(/C/C=C\C(N)=C(\C)c2ccccc2)c2ccccc2)[nH]1)c1ccc(CO)cc1.CCC(C)SC. The van der Waals surface area contributed by atoms with Gasteiger partial charge < -0.3 is 27.3 Å². The number of aromatic amines is 1. The third kappa shape index (κ3) is 13.1. The average Bonchev–Trinajstić information content (AvgIpc) is 3.74. The van der Waals surface area contributed by atoms with Crippen molar-refractivity contribution in [3.05, 3.63) is 226 Å². The second kappa shape index (κ2) is 23.2. The van der Waals surface area contributed by atoms with E-state index >= 15 is 0 Å². The molecule has 1 atom stereocenters. The maximum Gasteiger partial charge on any atom is 0.0681 e. The minimum atomic E-state index is -0.0347. The number of thioether (sulfide) groups is 1. The van der Waals surface area contributed by atoms with Gasteiger partial charge in [-0.05, 0) is 107 Å². The van der Waals surface area contributed by atoms with Crippen LogP contribution in [0.4, 0.5) is 0 Å². The van der Waals surface area contributed by atoms with Gasteiger partial charge in [0.1, 0.15) is 0 Å². The predicted molar refractivity (Wildman–Crippen MR) is 248 cm³/mol. The Morgan fingerprint density at radius 2 is 1.16 bits per heavy atom. The normalized spacial score (nSPS) is 14.3. The molecule has 4 aromatic carbocycles. The van der Waals surface area contributed by atoms with Crippen LogP contribution < -0.4 is 27.9 Å². The van der Waals surface area contributed by atoms with Crippen LogP contribution in [0.5, 0.6) is 0 Å². The van der Waals surface area contributed by atoms with Crippen molar-refractivity contribution in [1.29, 1.82) is 0 Å². The van der Waals surface area contributed by atoms with Crippen LogP contribution >= 0.6 is 11.8 Å². The van der Waals surface area contributed by atoms with Gasteiger partial charge in [-0.25, -0.2) is 0 Å². The van der Waals surface area contributed by atoms with E-state index in [0.717, 1.165) is 60.6 Å². The largest absolute Gasteiger partial charge is 0.399 e. The molecule has 6 heteroatoms. The lowest BCUT2D eigenvalue weighted by molar-refractivity contribution is 0.282. The minimum Gasteiger partial charge on any atom is -0.399 e. The number of aliphatic hydroxyl groups is 1. The van der Waals surface area contributed by atoms with Gasteiger partial charge in [0.05, 0.1) is 6.61 Å². The molecule has 0 bridgehead atoms. The second-order valence-corrected chi connectivity index (χ2v) is 14.9. The predicted octanol–water partition coefficient (Wildman–Crippen LogP) is 9.73. The van der Waals surface area contributed by atoms with Gasteiger partial charge in [0, 0.05) is 38.6 Å². The van der Waals surface area contributed by atoms with Gasteiger partial charge >= 0.3 is 0 Å². The quantitative estimate of drug-likeness (QED) is 0.0680. The van der Waals surface area contributed by atoms with Crippen molar-refractivity contribution in [2.45, 2.75) is 51.9 Å². The fraction of sp³-hybridized carbons (Fsp3) is 0.176. The van der Waals surface area contributed by atoms with E-state index in [0.29, 0.717) is 29.8 Å². The first-order valence-corrected chi connectivity index (χ1v) is 20.7. The van der Waals surface area contributed by atoms with Gasteiger partial charge in [0.15, 0.2) is 0 Å². The molecule has 0 aliphatic rings. The number of hydrogen-bond acceptors (Lipinski definition) is 5. The Morgan fingerprint density at radius 1 is 0.684 bits per heavy atom. The van der Waals surface area contributed by atoms with Gasteiger partial charge in [-0.15, -0.1) is 0 Å². The lowest BCUT2D eigenvalue weighted by Crippen LogP contribution is -2.16. The average molecular weight is 775 g/mol. The maximum atomic E-state index is 9.52. The summed E-state index contributed by atoms with van der Waals surface area (Å²) in [6.45, 7) is 10.3. The number of aromatic nitrogens is 1. The number of rotatable bonds is 15. The monoisotopic (exact) mass is 774 g/mol. The molecule has 0 fully saturated rings. The van der Waals surface area contributed by atoms with Crippen LogP contribution in [0.2, 0.25) is 0 Å². The molecule has 0 radical (unpaired) electrons. The van der Waals surface area contributed by atoms with Crippen molar-refractivity contribution < 1.29 is 5.11 Å². The Bertz CT molecular complexity index is 2290. The van der Waals surface area contributed by atoms with Crippen LogP contribution in [0.15, 0.2) is 188 Å². The van der Waals surface area contributed by atoms with Crippen molar-refractivity contribution in [3.8, 4) is 0 Å². The standard InChI is InChI=1S/C46H46N4O.C5H12S/c1-3-15-42(48)46(38-28-26-34(32-51)27-29-38)43(49)25-14-23-40(37-20-11-6-12-21-37)45-31-30-44(50-45)39(36-18-9-5-10-19-36)22-13-24-41(47)33(2)35-16-7-4-8-17-35;1-4-5(2)6-3/h3-21,24-31,50-51H,1,22-23,32,47-49H2,2H3;5H,4H2,1-3H3/b24-13-,25-14-,41-33+,42-15-,44-39+,45-40+,46-43-;. The Labute approximate surface area is 344 Å². The van der Waals surface area contributed by atoms with Gasteiger partial charge in [0.2, 0.25) is 0 Å². The van der Waals surface area contributed by atoms with Crippen LogP contribution in [-0.4, -0.2) is 21.6 Å².